The first-order valence-corrected chi connectivity index (χ1v) is 5.28. The molecule has 1 amide bonds. The summed E-state index contributed by atoms with van der Waals surface area (Å²) in [7, 11) is 0. The van der Waals surface area contributed by atoms with Crippen molar-refractivity contribution in [1.29, 1.82) is 0 Å². The molecule has 0 radical (unpaired) electrons. The molecule has 0 spiro atoms. The Labute approximate surface area is 90.9 Å². The van der Waals surface area contributed by atoms with Crippen LogP contribution in [0.1, 0.15) is 20.3 Å². The van der Waals surface area contributed by atoms with E-state index in [1.54, 1.807) is 11.8 Å². The number of hydrogen-bond acceptors (Lipinski definition) is 2. The van der Waals surface area contributed by atoms with Gasteiger partial charge in [-0.15, -0.1) is 0 Å². The third-order valence-corrected chi connectivity index (χ3v) is 2.17. The highest BCUT2D eigenvalue weighted by atomic mass is 16.2. The quantitative estimate of drug-likeness (QED) is 0.816. The van der Waals surface area contributed by atoms with Gasteiger partial charge in [0.1, 0.15) is 0 Å². The van der Waals surface area contributed by atoms with Crippen molar-refractivity contribution >= 4 is 11.6 Å². The van der Waals surface area contributed by atoms with Crippen LogP contribution in [-0.4, -0.2) is 18.5 Å². The molecule has 0 aliphatic carbocycles. The summed E-state index contributed by atoms with van der Waals surface area (Å²) in [6.45, 7) is 4.47. The zero-order chi connectivity index (χ0) is 11.3. The van der Waals surface area contributed by atoms with E-state index in [-0.39, 0.29) is 5.91 Å². The van der Waals surface area contributed by atoms with Gasteiger partial charge in [0.05, 0.1) is 6.04 Å². The molecule has 0 aliphatic heterocycles. The number of anilines is 1. The van der Waals surface area contributed by atoms with Gasteiger partial charge in [-0.05, 0) is 25.5 Å². The van der Waals surface area contributed by atoms with Gasteiger partial charge in [0.25, 0.3) is 0 Å². The van der Waals surface area contributed by atoms with Crippen molar-refractivity contribution in [2.24, 2.45) is 5.73 Å². The monoisotopic (exact) mass is 206 g/mol. The van der Waals surface area contributed by atoms with E-state index < -0.39 is 6.04 Å². The highest BCUT2D eigenvalue weighted by Gasteiger charge is 2.17. The molecule has 82 valence electrons. The molecule has 0 aliphatic rings. The minimum atomic E-state index is -0.447. The lowest BCUT2D eigenvalue weighted by Crippen LogP contribution is -2.42. The largest absolute Gasteiger partial charge is 0.320 e. The van der Waals surface area contributed by atoms with Crippen LogP contribution in [0.4, 0.5) is 5.69 Å². The number of nitrogens with two attached hydrogens (primary N) is 1. The number of benzene rings is 1. The van der Waals surface area contributed by atoms with Gasteiger partial charge in [-0.25, -0.2) is 0 Å². The Bertz CT molecular complexity index is 309. The lowest BCUT2D eigenvalue weighted by atomic mass is 10.2. The van der Waals surface area contributed by atoms with E-state index in [9.17, 15) is 4.79 Å². The number of carbonyl (C=O) groups is 1. The normalized spacial score (nSPS) is 12.2. The summed E-state index contributed by atoms with van der Waals surface area (Å²) < 4.78 is 0. The van der Waals surface area contributed by atoms with Crippen LogP contribution in [0.15, 0.2) is 30.3 Å². The van der Waals surface area contributed by atoms with E-state index in [4.69, 9.17) is 5.73 Å². The SMILES string of the molecule is CCCN(C(=O)C(C)N)c1ccccc1. The Morgan fingerprint density at radius 1 is 1.40 bits per heavy atom. The molecule has 0 bridgehead atoms. The number of nitrogens with zero attached hydrogens (tertiary/aromatic N) is 1. The molecule has 3 nitrogen and oxygen atoms in total. The van der Waals surface area contributed by atoms with Crippen molar-refractivity contribution < 1.29 is 4.79 Å². The Morgan fingerprint density at radius 3 is 2.47 bits per heavy atom. The molecular weight excluding hydrogens is 188 g/mol. The van der Waals surface area contributed by atoms with Crippen LogP contribution in [0.3, 0.4) is 0 Å². The standard InChI is InChI=1S/C12H18N2O/c1-3-9-14(12(15)10(2)13)11-7-5-4-6-8-11/h4-8,10H,3,9,13H2,1-2H3. The fourth-order valence-electron chi connectivity index (χ4n) is 1.44. The van der Waals surface area contributed by atoms with Crippen molar-refractivity contribution in [3.63, 3.8) is 0 Å². The molecule has 0 heterocycles. The first kappa shape index (κ1) is 11.7. The van der Waals surface area contributed by atoms with Crippen LogP contribution in [0.2, 0.25) is 0 Å². The zero-order valence-electron chi connectivity index (χ0n) is 9.31. The molecular formula is C12H18N2O. The first-order chi connectivity index (χ1) is 7.16. The smallest absolute Gasteiger partial charge is 0.243 e. The van der Waals surface area contributed by atoms with Crippen molar-refractivity contribution in [2.45, 2.75) is 26.3 Å². The number of para-hydroxylation sites is 1. The van der Waals surface area contributed by atoms with Gasteiger partial charge < -0.3 is 10.6 Å². The highest BCUT2D eigenvalue weighted by molar-refractivity contribution is 5.96. The van der Waals surface area contributed by atoms with Gasteiger partial charge in [-0.1, -0.05) is 25.1 Å². The summed E-state index contributed by atoms with van der Waals surface area (Å²) in [6, 6.07) is 9.19. The molecule has 0 fully saturated rings. The Hall–Kier alpha value is -1.35. The van der Waals surface area contributed by atoms with Crippen LogP contribution in [0, 0.1) is 0 Å². The summed E-state index contributed by atoms with van der Waals surface area (Å²) in [4.78, 5) is 13.6. The van der Waals surface area contributed by atoms with E-state index in [0.29, 0.717) is 6.54 Å². The second-order valence-corrected chi connectivity index (χ2v) is 3.61. The third-order valence-electron chi connectivity index (χ3n) is 2.17. The molecule has 1 aromatic carbocycles. The van der Waals surface area contributed by atoms with Crippen LogP contribution in [0.5, 0.6) is 0 Å². The van der Waals surface area contributed by atoms with E-state index in [1.807, 2.05) is 37.3 Å². The summed E-state index contributed by atoms with van der Waals surface area (Å²) in [6.07, 6.45) is 0.924. The topological polar surface area (TPSA) is 46.3 Å². The van der Waals surface area contributed by atoms with Crippen LogP contribution < -0.4 is 10.6 Å². The molecule has 1 aromatic rings. The molecule has 1 atom stereocenters. The second-order valence-electron chi connectivity index (χ2n) is 3.61. The van der Waals surface area contributed by atoms with Gasteiger partial charge in [0, 0.05) is 12.2 Å². The maximum atomic E-state index is 11.8. The minimum Gasteiger partial charge on any atom is -0.320 e. The molecule has 1 unspecified atom stereocenters. The lowest BCUT2D eigenvalue weighted by molar-refractivity contribution is -0.119. The molecule has 0 saturated heterocycles. The highest BCUT2D eigenvalue weighted by Crippen LogP contribution is 2.14. The fourth-order valence-corrected chi connectivity index (χ4v) is 1.44. The number of rotatable bonds is 4. The van der Waals surface area contributed by atoms with Crippen LogP contribution >= 0.6 is 0 Å². The van der Waals surface area contributed by atoms with Gasteiger partial charge in [-0.2, -0.15) is 0 Å². The van der Waals surface area contributed by atoms with Crippen LogP contribution in [-0.2, 0) is 4.79 Å². The summed E-state index contributed by atoms with van der Waals surface area (Å²) in [5.74, 6) is -0.0250. The average molecular weight is 206 g/mol. The van der Waals surface area contributed by atoms with Crippen molar-refractivity contribution in [2.75, 3.05) is 11.4 Å². The Morgan fingerprint density at radius 2 is 2.00 bits per heavy atom. The summed E-state index contributed by atoms with van der Waals surface area (Å²) >= 11 is 0. The number of amides is 1. The van der Waals surface area contributed by atoms with Crippen LogP contribution in [0.25, 0.3) is 0 Å². The molecule has 0 saturated carbocycles. The minimum absolute atomic E-state index is 0.0250. The predicted octanol–water partition coefficient (Wildman–Crippen LogP) is 1.78. The number of hydrogen-bond donors (Lipinski definition) is 1. The first-order valence-electron chi connectivity index (χ1n) is 5.28. The molecule has 3 heteroatoms. The lowest BCUT2D eigenvalue weighted by Gasteiger charge is -2.23. The third kappa shape index (κ3) is 3.06. The van der Waals surface area contributed by atoms with Crippen molar-refractivity contribution in [3.05, 3.63) is 30.3 Å². The van der Waals surface area contributed by atoms with Gasteiger partial charge in [0.15, 0.2) is 0 Å². The average Bonchev–Trinajstić information content (AvgIpc) is 2.26. The maximum Gasteiger partial charge on any atom is 0.243 e. The summed E-state index contributed by atoms with van der Waals surface area (Å²) in [5.41, 5.74) is 6.53. The predicted molar refractivity (Wildman–Crippen MR) is 62.7 cm³/mol. The maximum absolute atomic E-state index is 11.8. The molecule has 1 rings (SSSR count). The van der Waals surface area contributed by atoms with Gasteiger partial charge in [0.2, 0.25) is 5.91 Å². The molecule has 0 aromatic heterocycles. The number of carbonyl (C=O) groups excluding carboxylic acids is 1. The van der Waals surface area contributed by atoms with E-state index in [0.717, 1.165) is 12.1 Å². The Balaban J connectivity index is 2.88. The molecule has 15 heavy (non-hydrogen) atoms. The second kappa shape index (κ2) is 5.51. The van der Waals surface area contributed by atoms with Gasteiger partial charge >= 0.3 is 0 Å². The van der Waals surface area contributed by atoms with E-state index in [2.05, 4.69) is 0 Å². The molecule has 2 N–H and O–H groups in total. The van der Waals surface area contributed by atoms with E-state index in [1.165, 1.54) is 0 Å². The zero-order valence-corrected chi connectivity index (χ0v) is 9.31. The summed E-state index contributed by atoms with van der Waals surface area (Å²) in [5, 5.41) is 0. The Kier molecular flexibility index (Phi) is 4.31. The van der Waals surface area contributed by atoms with Crippen molar-refractivity contribution in [1.82, 2.24) is 0 Å². The van der Waals surface area contributed by atoms with E-state index >= 15 is 0 Å². The van der Waals surface area contributed by atoms with Gasteiger partial charge in [-0.3, -0.25) is 4.79 Å². The fraction of sp³-hybridized carbons (Fsp3) is 0.417. The van der Waals surface area contributed by atoms with Crippen molar-refractivity contribution in [3.8, 4) is 0 Å².